The van der Waals surface area contributed by atoms with E-state index >= 15 is 0 Å². The number of nitrogens with zero attached hydrogens (tertiary/aromatic N) is 1. The molecule has 0 spiro atoms. The highest BCUT2D eigenvalue weighted by molar-refractivity contribution is 8.01. The number of likely N-dealkylation sites (tertiary alicyclic amines) is 1. The summed E-state index contributed by atoms with van der Waals surface area (Å²) in [5, 5.41) is 19.9. The summed E-state index contributed by atoms with van der Waals surface area (Å²) in [7, 11) is 0. The van der Waals surface area contributed by atoms with Crippen LogP contribution in [0, 0.1) is 0 Å². The van der Waals surface area contributed by atoms with Crippen molar-refractivity contribution in [1.29, 1.82) is 0 Å². The molecule has 1 saturated heterocycles. The second-order valence-corrected chi connectivity index (χ2v) is 6.51. The molecule has 1 aliphatic heterocycles. The Morgan fingerprint density at radius 3 is 2.40 bits per heavy atom. The first-order valence-electron chi connectivity index (χ1n) is 6.43. The molecule has 110 valence electrons. The Bertz CT molecular complexity index is 499. The van der Waals surface area contributed by atoms with E-state index in [1.54, 1.807) is 23.5 Å². The second-order valence-electron chi connectivity index (χ2n) is 4.84. The SMILES string of the molecule is CSc1cccc(C2(O)CCN(C(=O)O)CC2)c1SC. The van der Waals surface area contributed by atoms with Gasteiger partial charge in [-0.3, -0.25) is 0 Å². The molecule has 0 aliphatic carbocycles. The third-order valence-electron chi connectivity index (χ3n) is 3.77. The average molecular weight is 313 g/mol. The van der Waals surface area contributed by atoms with Gasteiger partial charge in [0.25, 0.3) is 0 Å². The fraction of sp³-hybridized carbons (Fsp3) is 0.500. The maximum atomic E-state index is 11.0. The average Bonchev–Trinajstić information content (AvgIpc) is 2.46. The van der Waals surface area contributed by atoms with Crippen LogP contribution in [-0.4, -0.2) is 46.8 Å². The van der Waals surface area contributed by atoms with Crippen molar-refractivity contribution in [3.8, 4) is 0 Å². The largest absolute Gasteiger partial charge is 0.465 e. The van der Waals surface area contributed by atoms with Crippen molar-refractivity contribution in [2.75, 3.05) is 25.6 Å². The molecule has 0 radical (unpaired) electrons. The third-order valence-corrected chi connectivity index (χ3v) is 5.52. The van der Waals surface area contributed by atoms with E-state index in [2.05, 4.69) is 6.07 Å². The molecule has 0 aromatic heterocycles. The predicted octanol–water partition coefficient (Wildman–Crippen LogP) is 3.09. The van der Waals surface area contributed by atoms with Crippen LogP contribution in [-0.2, 0) is 5.60 Å². The number of amides is 1. The lowest BCUT2D eigenvalue weighted by Crippen LogP contribution is -2.44. The molecule has 1 aromatic carbocycles. The molecule has 6 heteroatoms. The number of piperidine rings is 1. The number of hydrogen-bond acceptors (Lipinski definition) is 4. The number of carboxylic acid groups (broad SMARTS) is 1. The van der Waals surface area contributed by atoms with E-state index in [0.29, 0.717) is 25.9 Å². The van der Waals surface area contributed by atoms with Crippen LogP contribution < -0.4 is 0 Å². The number of rotatable bonds is 3. The molecule has 1 amide bonds. The molecule has 2 N–H and O–H groups in total. The summed E-state index contributed by atoms with van der Waals surface area (Å²) in [4.78, 5) is 14.6. The molecular formula is C14H19NO3S2. The molecular weight excluding hydrogens is 294 g/mol. The van der Waals surface area contributed by atoms with E-state index in [9.17, 15) is 9.90 Å². The molecule has 1 aromatic rings. The number of benzene rings is 1. The molecule has 1 aliphatic rings. The highest BCUT2D eigenvalue weighted by Crippen LogP contribution is 2.41. The van der Waals surface area contributed by atoms with Crippen molar-refractivity contribution in [2.24, 2.45) is 0 Å². The quantitative estimate of drug-likeness (QED) is 0.840. The van der Waals surface area contributed by atoms with Gasteiger partial charge in [0.2, 0.25) is 0 Å². The first-order valence-corrected chi connectivity index (χ1v) is 8.88. The smallest absolute Gasteiger partial charge is 0.407 e. The van der Waals surface area contributed by atoms with Gasteiger partial charge < -0.3 is 15.1 Å². The van der Waals surface area contributed by atoms with E-state index < -0.39 is 11.7 Å². The summed E-state index contributed by atoms with van der Waals surface area (Å²) < 4.78 is 0. The molecule has 0 bridgehead atoms. The number of thioether (sulfide) groups is 2. The van der Waals surface area contributed by atoms with Crippen LogP contribution in [0.3, 0.4) is 0 Å². The summed E-state index contributed by atoms with van der Waals surface area (Å²) in [5.41, 5.74) is 0.0117. The fourth-order valence-electron chi connectivity index (χ4n) is 2.59. The van der Waals surface area contributed by atoms with E-state index in [-0.39, 0.29) is 0 Å². The van der Waals surface area contributed by atoms with Crippen LogP contribution >= 0.6 is 23.5 Å². The van der Waals surface area contributed by atoms with E-state index in [4.69, 9.17) is 5.11 Å². The van der Waals surface area contributed by atoms with Gasteiger partial charge in [-0.15, -0.1) is 23.5 Å². The van der Waals surface area contributed by atoms with E-state index in [1.165, 1.54) is 4.90 Å². The standard InChI is InChI=1S/C14H19NO3S2/c1-19-11-5-3-4-10(12(11)20-2)14(18)6-8-15(9-7-14)13(16)17/h3-5,18H,6-9H2,1-2H3,(H,16,17). The minimum absolute atomic E-state index is 0.378. The topological polar surface area (TPSA) is 60.8 Å². The zero-order chi connectivity index (χ0) is 14.8. The summed E-state index contributed by atoms with van der Waals surface area (Å²) >= 11 is 3.30. The normalized spacial score (nSPS) is 18.1. The maximum absolute atomic E-state index is 11.0. The molecule has 1 fully saturated rings. The Labute approximate surface area is 127 Å². The number of carbonyl (C=O) groups is 1. The highest BCUT2D eigenvalue weighted by Gasteiger charge is 2.37. The van der Waals surface area contributed by atoms with Crippen LogP contribution in [0.5, 0.6) is 0 Å². The van der Waals surface area contributed by atoms with Gasteiger partial charge >= 0.3 is 6.09 Å². The van der Waals surface area contributed by atoms with Gasteiger partial charge in [-0.05, 0) is 37.0 Å². The minimum atomic E-state index is -0.921. The van der Waals surface area contributed by atoms with E-state index in [1.807, 2.05) is 24.6 Å². The van der Waals surface area contributed by atoms with Gasteiger partial charge in [0, 0.05) is 22.9 Å². The molecule has 4 nitrogen and oxygen atoms in total. The van der Waals surface area contributed by atoms with Gasteiger partial charge in [-0.25, -0.2) is 4.79 Å². The summed E-state index contributed by atoms with van der Waals surface area (Å²) in [5.74, 6) is 0. The van der Waals surface area contributed by atoms with Gasteiger partial charge in [0.1, 0.15) is 0 Å². The summed E-state index contributed by atoms with van der Waals surface area (Å²) in [6.45, 7) is 0.756. The van der Waals surface area contributed by atoms with Crippen molar-refractivity contribution in [3.05, 3.63) is 23.8 Å². The monoisotopic (exact) mass is 313 g/mol. The van der Waals surface area contributed by atoms with Crippen molar-refractivity contribution in [2.45, 2.75) is 28.2 Å². The Morgan fingerprint density at radius 2 is 1.90 bits per heavy atom. The van der Waals surface area contributed by atoms with Crippen molar-refractivity contribution >= 4 is 29.6 Å². The first-order chi connectivity index (χ1) is 9.51. The molecule has 1 heterocycles. The Hall–Kier alpha value is -0.850. The number of hydrogen-bond donors (Lipinski definition) is 2. The lowest BCUT2D eigenvalue weighted by atomic mass is 9.84. The van der Waals surface area contributed by atoms with Crippen LogP contribution in [0.2, 0.25) is 0 Å². The second kappa shape index (κ2) is 6.28. The third kappa shape index (κ3) is 2.92. The zero-order valence-electron chi connectivity index (χ0n) is 11.6. The minimum Gasteiger partial charge on any atom is -0.465 e. The van der Waals surface area contributed by atoms with Crippen LogP contribution in [0.25, 0.3) is 0 Å². The Balaban J connectivity index is 2.30. The summed E-state index contributed by atoms with van der Waals surface area (Å²) in [6.07, 6.45) is 4.02. The highest BCUT2D eigenvalue weighted by atomic mass is 32.2. The van der Waals surface area contributed by atoms with Crippen LogP contribution in [0.1, 0.15) is 18.4 Å². The van der Waals surface area contributed by atoms with Crippen molar-refractivity contribution in [3.63, 3.8) is 0 Å². The van der Waals surface area contributed by atoms with Gasteiger partial charge in [-0.2, -0.15) is 0 Å². The predicted molar refractivity (Wildman–Crippen MR) is 82.7 cm³/mol. The Kier molecular flexibility index (Phi) is 4.88. The molecule has 0 saturated carbocycles. The lowest BCUT2D eigenvalue weighted by Gasteiger charge is -2.38. The first kappa shape index (κ1) is 15.5. The molecule has 0 unspecified atom stereocenters. The molecule has 0 atom stereocenters. The van der Waals surface area contributed by atoms with Crippen LogP contribution in [0.15, 0.2) is 28.0 Å². The van der Waals surface area contributed by atoms with Crippen molar-refractivity contribution in [1.82, 2.24) is 4.90 Å². The fourth-order valence-corrected chi connectivity index (χ4v) is 4.35. The van der Waals surface area contributed by atoms with Crippen LogP contribution in [0.4, 0.5) is 4.79 Å². The van der Waals surface area contributed by atoms with E-state index in [0.717, 1.165) is 15.4 Å². The molecule has 2 rings (SSSR count). The van der Waals surface area contributed by atoms with Gasteiger partial charge in [0.05, 0.1) is 5.60 Å². The molecule has 20 heavy (non-hydrogen) atoms. The zero-order valence-corrected chi connectivity index (χ0v) is 13.3. The Morgan fingerprint density at radius 1 is 1.25 bits per heavy atom. The lowest BCUT2D eigenvalue weighted by molar-refractivity contribution is -0.0236. The maximum Gasteiger partial charge on any atom is 0.407 e. The summed E-state index contributed by atoms with van der Waals surface area (Å²) in [6, 6.07) is 5.97. The van der Waals surface area contributed by atoms with Crippen molar-refractivity contribution < 1.29 is 15.0 Å². The van der Waals surface area contributed by atoms with Gasteiger partial charge in [-0.1, -0.05) is 12.1 Å². The number of aliphatic hydroxyl groups is 1. The van der Waals surface area contributed by atoms with Gasteiger partial charge in [0.15, 0.2) is 0 Å².